The summed E-state index contributed by atoms with van der Waals surface area (Å²) in [5, 5.41) is 6.47. The van der Waals surface area contributed by atoms with Crippen molar-refractivity contribution >= 4 is 23.6 Å². The van der Waals surface area contributed by atoms with Gasteiger partial charge >= 0.3 is 0 Å². The lowest BCUT2D eigenvalue weighted by Gasteiger charge is -2.46. The monoisotopic (exact) mass is 434 g/mol. The number of rotatable bonds is 5. The number of amides is 1. The van der Waals surface area contributed by atoms with E-state index in [0.29, 0.717) is 18.4 Å². The van der Waals surface area contributed by atoms with E-state index in [0.717, 1.165) is 28.8 Å². The third-order valence-corrected chi connectivity index (χ3v) is 6.98. The van der Waals surface area contributed by atoms with Crippen LogP contribution in [-0.4, -0.2) is 17.9 Å². The van der Waals surface area contributed by atoms with Crippen molar-refractivity contribution in [2.45, 2.75) is 31.6 Å². The van der Waals surface area contributed by atoms with Crippen LogP contribution in [0.25, 0.3) is 0 Å². The van der Waals surface area contributed by atoms with Gasteiger partial charge < -0.3 is 0 Å². The zero-order valence-electron chi connectivity index (χ0n) is 18.6. The van der Waals surface area contributed by atoms with Crippen molar-refractivity contribution in [3.05, 3.63) is 114 Å². The average Bonchev–Trinajstić information content (AvgIpc) is 3.17. The Morgan fingerprint density at radius 1 is 0.909 bits per heavy atom. The molecule has 2 aliphatic rings. The van der Waals surface area contributed by atoms with Crippen LogP contribution in [-0.2, 0) is 9.59 Å². The summed E-state index contributed by atoms with van der Waals surface area (Å²) < 4.78 is 0. The molecular formula is C29H26N2O2. The number of allylic oxidation sites excluding steroid dienone is 2. The lowest BCUT2D eigenvalue weighted by atomic mass is 9.54. The van der Waals surface area contributed by atoms with Crippen molar-refractivity contribution in [2.75, 3.05) is 5.01 Å². The first-order chi connectivity index (χ1) is 16.2. The predicted molar refractivity (Wildman–Crippen MR) is 131 cm³/mol. The van der Waals surface area contributed by atoms with Crippen molar-refractivity contribution in [3.8, 4) is 0 Å². The maximum atomic E-state index is 14.5. The zero-order valence-corrected chi connectivity index (χ0v) is 18.6. The summed E-state index contributed by atoms with van der Waals surface area (Å²) in [6.45, 7) is 2.05. The number of nitrogens with zero attached hydrogens (tertiary/aromatic N) is 2. The Kier molecular flexibility index (Phi) is 5.51. The van der Waals surface area contributed by atoms with E-state index in [2.05, 4.69) is 12.1 Å². The molecular weight excluding hydrogens is 408 g/mol. The Labute approximate surface area is 194 Å². The van der Waals surface area contributed by atoms with E-state index in [1.165, 1.54) is 0 Å². The van der Waals surface area contributed by atoms with Crippen LogP contribution < -0.4 is 5.01 Å². The molecule has 0 saturated heterocycles. The van der Waals surface area contributed by atoms with Crippen molar-refractivity contribution in [2.24, 2.45) is 10.5 Å². The normalized spacial score (nSPS) is 24.5. The SMILES string of the molecule is CCC1=NN(c2ccccc2)C(=O)[C@@]12[C@H](c1ccccc1)CC=C(C=O)[C@H]2c1ccccc1. The van der Waals surface area contributed by atoms with Crippen LogP contribution in [0, 0.1) is 5.41 Å². The lowest BCUT2D eigenvalue weighted by Crippen LogP contribution is -2.51. The van der Waals surface area contributed by atoms with Gasteiger partial charge in [0.2, 0.25) is 0 Å². The summed E-state index contributed by atoms with van der Waals surface area (Å²) in [6, 6.07) is 29.7. The fourth-order valence-electron chi connectivity index (χ4n) is 5.62. The molecule has 4 heteroatoms. The minimum absolute atomic E-state index is 0.0688. The number of anilines is 1. The summed E-state index contributed by atoms with van der Waals surface area (Å²) in [7, 11) is 0. The van der Waals surface area contributed by atoms with Gasteiger partial charge in [0.1, 0.15) is 11.7 Å². The minimum atomic E-state index is -0.974. The number of benzene rings is 3. The van der Waals surface area contributed by atoms with Crippen LogP contribution in [0.15, 0.2) is 108 Å². The van der Waals surface area contributed by atoms with Gasteiger partial charge in [0.25, 0.3) is 5.91 Å². The average molecular weight is 435 g/mol. The molecule has 0 N–H and O–H groups in total. The summed E-state index contributed by atoms with van der Waals surface area (Å²) in [5.74, 6) is -0.608. The highest BCUT2D eigenvalue weighted by Gasteiger charge is 2.62. The lowest BCUT2D eigenvalue weighted by molar-refractivity contribution is -0.125. The molecule has 3 aromatic rings. The van der Waals surface area contributed by atoms with E-state index >= 15 is 0 Å². The van der Waals surface area contributed by atoms with Gasteiger partial charge in [-0.3, -0.25) is 9.59 Å². The van der Waals surface area contributed by atoms with E-state index < -0.39 is 11.3 Å². The standard InChI is InChI=1S/C29H26N2O2/c1-2-26-29(28(33)31(30-26)24-16-10-5-11-17-24)25(21-12-6-3-7-13-21)19-18-23(20-32)27(29)22-14-8-4-9-15-22/h3-18,20,25,27H,2,19H2,1H3/t25-,27+,29-/m0/s1. The van der Waals surface area contributed by atoms with Crippen LogP contribution in [0.5, 0.6) is 0 Å². The van der Waals surface area contributed by atoms with Gasteiger partial charge in [0.05, 0.1) is 11.4 Å². The molecule has 0 aromatic heterocycles. The van der Waals surface area contributed by atoms with Crippen LogP contribution in [0.3, 0.4) is 0 Å². The Balaban J connectivity index is 1.79. The summed E-state index contributed by atoms with van der Waals surface area (Å²) >= 11 is 0. The molecule has 1 spiro atoms. The maximum Gasteiger partial charge on any atom is 0.260 e. The second-order valence-corrected chi connectivity index (χ2v) is 8.59. The molecule has 164 valence electrons. The molecule has 33 heavy (non-hydrogen) atoms. The number of hydrogen-bond acceptors (Lipinski definition) is 3. The number of hydrazone groups is 1. The topological polar surface area (TPSA) is 49.7 Å². The molecule has 1 heterocycles. The van der Waals surface area contributed by atoms with Gasteiger partial charge in [0.15, 0.2) is 0 Å². The van der Waals surface area contributed by atoms with Gasteiger partial charge in [-0.15, -0.1) is 0 Å². The summed E-state index contributed by atoms with van der Waals surface area (Å²) in [4.78, 5) is 26.9. The third kappa shape index (κ3) is 3.25. The van der Waals surface area contributed by atoms with E-state index in [1.807, 2.05) is 91.9 Å². The molecule has 0 unspecified atom stereocenters. The molecule has 1 aliphatic carbocycles. The van der Waals surface area contributed by atoms with Gasteiger partial charge in [-0.2, -0.15) is 10.1 Å². The Bertz CT molecular complexity index is 1220. The van der Waals surface area contributed by atoms with Crippen molar-refractivity contribution < 1.29 is 9.59 Å². The minimum Gasteiger partial charge on any atom is -0.298 e. The van der Waals surface area contributed by atoms with E-state index in [-0.39, 0.29) is 11.8 Å². The van der Waals surface area contributed by atoms with Gasteiger partial charge in [-0.05, 0) is 41.7 Å². The fourth-order valence-corrected chi connectivity index (χ4v) is 5.62. The number of aldehydes is 1. The van der Waals surface area contributed by atoms with E-state index in [1.54, 1.807) is 5.01 Å². The van der Waals surface area contributed by atoms with Crippen molar-refractivity contribution in [1.82, 2.24) is 0 Å². The van der Waals surface area contributed by atoms with Gasteiger partial charge in [-0.1, -0.05) is 91.9 Å². The molecule has 0 fully saturated rings. The highest BCUT2D eigenvalue weighted by atomic mass is 16.2. The van der Waals surface area contributed by atoms with E-state index in [9.17, 15) is 9.59 Å². The van der Waals surface area contributed by atoms with Crippen molar-refractivity contribution in [3.63, 3.8) is 0 Å². The summed E-state index contributed by atoms with van der Waals surface area (Å²) in [6.07, 6.45) is 4.16. The number of carbonyl (C=O) groups is 2. The van der Waals surface area contributed by atoms with Gasteiger partial charge in [-0.25, -0.2) is 0 Å². The smallest absolute Gasteiger partial charge is 0.260 e. The molecule has 4 nitrogen and oxygen atoms in total. The molecule has 3 atom stereocenters. The first-order valence-corrected chi connectivity index (χ1v) is 11.4. The number of carbonyl (C=O) groups excluding carboxylic acids is 2. The highest BCUT2D eigenvalue weighted by molar-refractivity contribution is 6.21. The van der Waals surface area contributed by atoms with Crippen LogP contribution in [0.4, 0.5) is 5.69 Å². The predicted octanol–water partition coefficient (Wildman–Crippen LogP) is 5.88. The van der Waals surface area contributed by atoms with Crippen LogP contribution in [0.2, 0.25) is 0 Å². The zero-order chi connectivity index (χ0) is 22.8. The molecule has 1 aliphatic heterocycles. The molecule has 1 amide bonds. The molecule has 3 aromatic carbocycles. The third-order valence-electron chi connectivity index (χ3n) is 6.98. The van der Waals surface area contributed by atoms with E-state index in [4.69, 9.17) is 5.10 Å². The van der Waals surface area contributed by atoms with Gasteiger partial charge in [0, 0.05) is 11.8 Å². The Morgan fingerprint density at radius 3 is 2.06 bits per heavy atom. The number of para-hydroxylation sites is 1. The quantitative estimate of drug-likeness (QED) is 0.471. The molecule has 0 bridgehead atoms. The maximum absolute atomic E-state index is 14.5. The molecule has 0 radical (unpaired) electrons. The largest absolute Gasteiger partial charge is 0.298 e. The Morgan fingerprint density at radius 2 is 1.48 bits per heavy atom. The second kappa shape index (κ2) is 8.62. The van der Waals surface area contributed by atoms with Crippen LogP contribution >= 0.6 is 0 Å². The molecule has 5 rings (SSSR count). The van der Waals surface area contributed by atoms with Crippen molar-refractivity contribution in [1.29, 1.82) is 0 Å². The summed E-state index contributed by atoms with van der Waals surface area (Å²) in [5.41, 5.74) is 3.29. The second-order valence-electron chi connectivity index (χ2n) is 8.59. The molecule has 0 saturated carbocycles. The first-order valence-electron chi connectivity index (χ1n) is 11.4. The first kappa shape index (κ1) is 21.1. The fraction of sp³-hybridized carbons (Fsp3) is 0.207. The number of hydrogen-bond donors (Lipinski definition) is 0. The van der Waals surface area contributed by atoms with Crippen LogP contribution in [0.1, 0.15) is 42.7 Å². The Hall–Kier alpha value is -3.79. The highest BCUT2D eigenvalue weighted by Crippen LogP contribution is 2.59.